The topological polar surface area (TPSA) is 67.4 Å². The quantitative estimate of drug-likeness (QED) is 0.230. The van der Waals surface area contributed by atoms with Crippen molar-refractivity contribution in [1.29, 1.82) is 0 Å². The molecule has 0 aliphatic heterocycles. The molecule has 3 amide bonds. The predicted octanol–water partition coefficient (Wildman–Crippen LogP) is 7.24. The molecular weight excluding hydrogens is 484 g/mol. The van der Waals surface area contributed by atoms with Crippen LogP contribution in [0, 0.1) is 0 Å². The van der Waals surface area contributed by atoms with Crippen LogP contribution < -0.4 is 15.4 Å². The van der Waals surface area contributed by atoms with E-state index in [2.05, 4.69) is 10.6 Å². The molecule has 0 heterocycles. The molecule has 0 fully saturated rings. The number of amides is 3. The van der Waals surface area contributed by atoms with Gasteiger partial charge in [-0.25, -0.2) is 4.79 Å². The lowest BCUT2D eigenvalue weighted by atomic mass is 9.92. The predicted molar refractivity (Wildman–Crippen MR) is 154 cm³/mol. The van der Waals surface area contributed by atoms with Crippen molar-refractivity contribution < 1.29 is 14.3 Å². The molecule has 5 aromatic rings. The van der Waals surface area contributed by atoms with E-state index in [4.69, 9.17) is 4.74 Å². The highest BCUT2D eigenvalue weighted by Crippen LogP contribution is 2.33. The molecule has 0 aliphatic carbocycles. The van der Waals surface area contributed by atoms with E-state index in [-0.39, 0.29) is 6.54 Å². The highest BCUT2D eigenvalue weighted by molar-refractivity contribution is 6.05. The summed E-state index contributed by atoms with van der Waals surface area (Å²) >= 11 is 0. The number of benzene rings is 5. The Labute approximate surface area is 228 Å². The van der Waals surface area contributed by atoms with Crippen molar-refractivity contribution in [3.8, 4) is 28.0 Å². The van der Waals surface area contributed by atoms with Crippen LogP contribution in [0.25, 0.3) is 22.3 Å². The van der Waals surface area contributed by atoms with Gasteiger partial charge >= 0.3 is 6.03 Å². The SMILES string of the molecule is O=C(NCc1cccc(OCc2ccccc2)c1)NC(=O)c1ccc(-c2ccccc2)c(-c2ccccc2)c1. The highest BCUT2D eigenvalue weighted by atomic mass is 16.5. The Balaban J connectivity index is 1.23. The molecule has 5 heteroatoms. The maximum absolute atomic E-state index is 13.0. The average molecular weight is 513 g/mol. The lowest BCUT2D eigenvalue weighted by molar-refractivity contribution is 0.0964. The number of imide groups is 1. The molecule has 5 rings (SSSR count). The average Bonchev–Trinajstić information content (AvgIpc) is 3.00. The molecule has 0 aromatic heterocycles. The van der Waals surface area contributed by atoms with Crippen LogP contribution in [0.4, 0.5) is 4.79 Å². The Hall–Kier alpha value is -5.16. The van der Waals surface area contributed by atoms with E-state index >= 15 is 0 Å². The third-order valence-electron chi connectivity index (χ3n) is 6.28. The van der Waals surface area contributed by atoms with Gasteiger partial charge < -0.3 is 10.1 Å². The van der Waals surface area contributed by atoms with Gasteiger partial charge in [-0.2, -0.15) is 0 Å². The Kier molecular flexibility index (Phi) is 8.10. The van der Waals surface area contributed by atoms with Gasteiger partial charge in [0.05, 0.1) is 0 Å². The first-order valence-electron chi connectivity index (χ1n) is 12.8. The number of carbonyl (C=O) groups is 2. The summed E-state index contributed by atoms with van der Waals surface area (Å²) in [7, 11) is 0. The fourth-order valence-corrected chi connectivity index (χ4v) is 4.30. The van der Waals surface area contributed by atoms with Crippen LogP contribution >= 0.6 is 0 Å². The zero-order chi connectivity index (χ0) is 26.9. The van der Waals surface area contributed by atoms with E-state index in [1.807, 2.05) is 127 Å². The van der Waals surface area contributed by atoms with E-state index in [0.29, 0.717) is 17.9 Å². The maximum atomic E-state index is 13.0. The second kappa shape index (κ2) is 12.4. The normalized spacial score (nSPS) is 10.5. The summed E-state index contributed by atoms with van der Waals surface area (Å²) in [6, 6.07) is 42.3. The molecule has 0 unspecified atom stereocenters. The van der Waals surface area contributed by atoms with Crippen molar-refractivity contribution in [3.05, 3.63) is 150 Å². The van der Waals surface area contributed by atoms with E-state index in [1.165, 1.54) is 0 Å². The van der Waals surface area contributed by atoms with Crippen molar-refractivity contribution in [2.45, 2.75) is 13.2 Å². The number of hydrogen-bond acceptors (Lipinski definition) is 3. The first kappa shape index (κ1) is 25.5. The Morgan fingerprint density at radius 3 is 1.90 bits per heavy atom. The first-order valence-corrected chi connectivity index (χ1v) is 12.8. The fourth-order valence-electron chi connectivity index (χ4n) is 4.30. The zero-order valence-corrected chi connectivity index (χ0v) is 21.3. The Morgan fingerprint density at radius 1 is 0.590 bits per heavy atom. The van der Waals surface area contributed by atoms with E-state index in [1.54, 1.807) is 6.07 Å². The summed E-state index contributed by atoms with van der Waals surface area (Å²) in [6.07, 6.45) is 0. The van der Waals surface area contributed by atoms with E-state index < -0.39 is 11.9 Å². The van der Waals surface area contributed by atoms with Gasteiger partial charge in [0, 0.05) is 12.1 Å². The summed E-state index contributed by atoms with van der Waals surface area (Å²) in [5.74, 6) is 0.242. The number of hydrogen-bond donors (Lipinski definition) is 2. The number of carbonyl (C=O) groups excluding carboxylic acids is 2. The second-order valence-corrected chi connectivity index (χ2v) is 9.05. The molecule has 0 atom stereocenters. The lowest BCUT2D eigenvalue weighted by Gasteiger charge is -2.13. The number of urea groups is 1. The van der Waals surface area contributed by atoms with Crippen LogP contribution in [-0.2, 0) is 13.2 Å². The summed E-state index contributed by atoms with van der Waals surface area (Å²) in [4.78, 5) is 25.5. The monoisotopic (exact) mass is 512 g/mol. The molecule has 39 heavy (non-hydrogen) atoms. The van der Waals surface area contributed by atoms with E-state index in [0.717, 1.165) is 33.4 Å². The minimum absolute atomic E-state index is 0.254. The van der Waals surface area contributed by atoms with Crippen molar-refractivity contribution in [2.24, 2.45) is 0 Å². The molecule has 5 nitrogen and oxygen atoms in total. The van der Waals surface area contributed by atoms with Crippen molar-refractivity contribution in [1.82, 2.24) is 10.6 Å². The van der Waals surface area contributed by atoms with Gasteiger partial charge in [-0.15, -0.1) is 0 Å². The second-order valence-electron chi connectivity index (χ2n) is 9.05. The third kappa shape index (κ3) is 6.79. The van der Waals surface area contributed by atoms with Gasteiger partial charge in [0.2, 0.25) is 0 Å². The lowest BCUT2D eigenvalue weighted by Crippen LogP contribution is -2.39. The molecular formula is C34H28N2O3. The molecule has 0 spiro atoms. The minimum Gasteiger partial charge on any atom is -0.489 e. The van der Waals surface area contributed by atoms with Crippen LogP contribution in [0.5, 0.6) is 5.75 Å². The van der Waals surface area contributed by atoms with Gasteiger partial charge in [-0.1, -0.05) is 109 Å². The summed E-state index contributed by atoms with van der Waals surface area (Å²) in [5, 5.41) is 5.20. The molecule has 0 radical (unpaired) electrons. The van der Waals surface area contributed by atoms with Crippen molar-refractivity contribution in [2.75, 3.05) is 0 Å². The maximum Gasteiger partial charge on any atom is 0.321 e. The van der Waals surface area contributed by atoms with Crippen LogP contribution in [0.1, 0.15) is 21.5 Å². The van der Waals surface area contributed by atoms with Gasteiger partial charge in [-0.05, 0) is 57.6 Å². The van der Waals surface area contributed by atoms with Crippen molar-refractivity contribution >= 4 is 11.9 Å². The van der Waals surface area contributed by atoms with Crippen LogP contribution in [0.2, 0.25) is 0 Å². The number of rotatable bonds is 8. The summed E-state index contributed by atoms with van der Waals surface area (Å²) in [5.41, 5.74) is 6.31. The molecule has 0 aliphatic rings. The van der Waals surface area contributed by atoms with Gasteiger partial charge in [0.25, 0.3) is 5.91 Å². The Morgan fingerprint density at radius 2 is 1.21 bits per heavy atom. The minimum atomic E-state index is -0.566. The first-order chi connectivity index (χ1) is 19.2. The Bertz CT molecular complexity index is 1550. The van der Waals surface area contributed by atoms with Crippen LogP contribution in [0.3, 0.4) is 0 Å². The third-order valence-corrected chi connectivity index (χ3v) is 6.28. The largest absolute Gasteiger partial charge is 0.489 e. The van der Waals surface area contributed by atoms with Gasteiger partial charge in [0.15, 0.2) is 0 Å². The van der Waals surface area contributed by atoms with Gasteiger partial charge in [0.1, 0.15) is 12.4 Å². The molecule has 0 saturated heterocycles. The van der Waals surface area contributed by atoms with E-state index in [9.17, 15) is 9.59 Å². The summed E-state index contributed by atoms with van der Waals surface area (Å²) < 4.78 is 5.87. The number of nitrogens with one attached hydrogen (secondary N) is 2. The standard InChI is InChI=1S/C34H28N2O3/c37-33(29-19-20-31(27-14-6-2-7-15-27)32(22-29)28-16-8-3-9-17-28)36-34(38)35-23-26-13-10-18-30(21-26)39-24-25-11-4-1-5-12-25/h1-22H,23-24H2,(H2,35,36,37,38). The molecule has 5 aromatic carbocycles. The smallest absolute Gasteiger partial charge is 0.321 e. The fraction of sp³-hybridized carbons (Fsp3) is 0.0588. The number of ether oxygens (including phenoxy) is 1. The summed E-state index contributed by atoms with van der Waals surface area (Å²) in [6.45, 7) is 0.713. The van der Waals surface area contributed by atoms with Crippen molar-refractivity contribution in [3.63, 3.8) is 0 Å². The van der Waals surface area contributed by atoms with Gasteiger partial charge in [-0.3, -0.25) is 10.1 Å². The van der Waals surface area contributed by atoms with Crippen LogP contribution in [-0.4, -0.2) is 11.9 Å². The highest BCUT2D eigenvalue weighted by Gasteiger charge is 2.15. The van der Waals surface area contributed by atoms with Crippen LogP contribution in [0.15, 0.2) is 133 Å². The molecule has 192 valence electrons. The molecule has 0 bridgehead atoms. The zero-order valence-electron chi connectivity index (χ0n) is 21.3. The molecule has 0 saturated carbocycles. The molecule has 2 N–H and O–H groups in total.